The van der Waals surface area contributed by atoms with Gasteiger partial charge in [0.15, 0.2) is 0 Å². The molecule has 1 unspecified atom stereocenters. The molecule has 0 aliphatic heterocycles. The first-order valence-corrected chi connectivity index (χ1v) is 7.84. The largest absolute Gasteiger partial charge is 0.497 e. The van der Waals surface area contributed by atoms with E-state index in [1.54, 1.807) is 7.11 Å². The summed E-state index contributed by atoms with van der Waals surface area (Å²) in [6, 6.07) is 8.81. The second-order valence-corrected chi connectivity index (χ2v) is 5.13. The van der Waals surface area contributed by atoms with Gasteiger partial charge in [-0.15, -0.1) is 0 Å². The molecule has 0 amide bonds. The highest BCUT2D eigenvalue weighted by Gasteiger charge is 2.14. The Morgan fingerprint density at radius 2 is 1.85 bits per heavy atom. The fraction of sp³-hybridized carbons (Fsp3) is 0.647. The van der Waals surface area contributed by atoms with E-state index in [-0.39, 0.29) is 0 Å². The normalized spacial score (nSPS) is 12.7. The molecule has 0 fully saturated rings. The summed E-state index contributed by atoms with van der Waals surface area (Å²) in [4.78, 5) is 2.53. The lowest BCUT2D eigenvalue weighted by atomic mass is 10.1. The molecule has 0 saturated heterocycles. The third-order valence-corrected chi connectivity index (χ3v) is 3.68. The average molecular weight is 278 g/mol. The second-order valence-electron chi connectivity index (χ2n) is 5.13. The van der Waals surface area contributed by atoms with Crippen LogP contribution in [0.4, 0.5) is 0 Å². The first kappa shape index (κ1) is 17.0. The van der Waals surface area contributed by atoms with Crippen LogP contribution in [-0.2, 0) is 0 Å². The van der Waals surface area contributed by atoms with Gasteiger partial charge in [-0.05, 0) is 43.8 Å². The van der Waals surface area contributed by atoms with Crippen LogP contribution in [0.1, 0.15) is 45.2 Å². The highest BCUT2D eigenvalue weighted by Crippen LogP contribution is 2.19. The Kier molecular flexibility index (Phi) is 8.31. The van der Waals surface area contributed by atoms with Gasteiger partial charge >= 0.3 is 0 Å². The van der Waals surface area contributed by atoms with E-state index in [9.17, 15) is 0 Å². The van der Waals surface area contributed by atoms with Gasteiger partial charge in [-0.25, -0.2) is 0 Å². The van der Waals surface area contributed by atoms with Crippen LogP contribution in [0.3, 0.4) is 0 Å². The summed E-state index contributed by atoms with van der Waals surface area (Å²) in [5.74, 6) is 0.919. The van der Waals surface area contributed by atoms with E-state index in [1.165, 1.54) is 24.9 Å². The predicted octanol–water partition coefficient (Wildman–Crippen LogP) is 3.47. The van der Waals surface area contributed by atoms with E-state index in [4.69, 9.17) is 4.74 Å². The molecule has 0 aromatic heterocycles. The molecule has 1 N–H and O–H groups in total. The Bertz CT molecular complexity index is 351. The van der Waals surface area contributed by atoms with Crippen LogP contribution in [0, 0.1) is 0 Å². The van der Waals surface area contributed by atoms with Gasteiger partial charge in [0, 0.05) is 12.6 Å². The fourth-order valence-corrected chi connectivity index (χ4v) is 2.39. The summed E-state index contributed by atoms with van der Waals surface area (Å²) < 4.78 is 5.23. The van der Waals surface area contributed by atoms with Gasteiger partial charge in [-0.1, -0.05) is 39.3 Å². The van der Waals surface area contributed by atoms with Crippen LogP contribution in [0.2, 0.25) is 0 Å². The molecule has 0 aliphatic carbocycles. The highest BCUT2D eigenvalue weighted by molar-refractivity contribution is 5.29. The van der Waals surface area contributed by atoms with Gasteiger partial charge in [0.05, 0.1) is 7.11 Å². The lowest BCUT2D eigenvalue weighted by Gasteiger charge is -2.27. The third kappa shape index (κ3) is 5.51. The molecule has 114 valence electrons. The van der Waals surface area contributed by atoms with E-state index in [0.717, 1.165) is 25.4 Å². The number of nitrogens with one attached hydrogen (secondary N) is 1. The number of rotatable bonds is 10. The van der Waals surface area contributed by atoms with Crippen molar-refractivity contribution in [2.75, 3.05) is 33.3 Å². The maximum Gasteiger partial charge on any atom is 0.118 e. The number of methoxy groups -OCH3 is 1. The van der Waals surface area contributed by atoms with Crippen LogP contribution >= 0.6 is 0 Å². The molecule has 3 nitrogen and oxygen atoms in total. The standard InChI is InChI=1S/C17H30N2O/c1-5-8-13-19(7-3)14-17(18-6-2)15-9-11-16(20-4)12-10-15/h9-12,17-18H,5-8,13-14H2,1-4H3. The molecule has 1 rings (SSSR count). The van der Waals surface area contributed by atoms with Crippen molar-refractivity contribution in [3.05, 3.63) is 29.8 Å². The molecule has 0 saturated carbocycles. The summed E-state index contributed by atoms with van der Waals surface area (Å²) in [6.45, 7) is 11.0. The van der Waals surface area contributed by atoms with Gasteiger partial charge in [0.2, 0.25) is 0 Å². The molecule has 0 spiro atoms. The highest BCUT2D eigenvalue weighted by atomic mass is 16.5. The third-order valence-electron chi connectivity index (χ3n) is 3.68. The van der Waals surface area contributed by atoms with Gasteiger partial charge in [-0.2, -0.15) is 0 Å². The molecular weight excluding hydrogens is 248 g/mol. The number of nitrogens with zero attached hydrogens (tertiary/aromatic N) is 1. The average Bonchev–Trinajstić information content (AvgIpc) is 2.50. The number of benzene rings is 1. The van der Waals surface area contributed by atoms with Crippen molar-refractivity contribution in [2.45, 2.75) is 39.7 Å². The van der Waals surface area contributed by atoms with E-state index >= 15 is 0 Å². The molecule has 0 aliphatic rings. The maximum atomic E-state index is 5.23. The van der Waals surface area contributed by atoms with Crippen LogP contribution < -0.4 is 10.1 Å². The molecule has 0 bridgehead atoms. The summed E-state index contributed by atoms with van der Waals surface area (Å²) in [6.07, 6.45) is 2.53. The predicted molar refractivity (Wildman–Crippen MR) is 86.4 cm³/mol. The Hall–Kier alpha value is -1.06. The number of unbranched alkanes of at least 4 members (excludes halogenated alkanes) is 1. The van der Waals surface area contributed by atoms with Gasteiger partial charge in [0.1, 0.15) is 5.75 Å². The van der Waals surface area contributed by atoms with Crippen molar-refractivity contribution in [1.29, 1.82) is 0 Å². The van der Waals surface area contributed by atoms with Crippen molar-refractivity contribution >= 4 is 0 Å². The molecule has 1 aromatic rings. The molecule has 20 heavy (non-hydrogen) atoms. The van der Waals surface area contributed by atoms with Crippen LogP contribution in [-0.4, -0.2) is 38.2 Å². The molecule has 3 heteroatoms. The molecule has 1 aromatic carbocycles. The van der Waals surface area contributed by atoms with Gasteiger partial charge in [0.25, 0.3) is 0 Å². The number of ether oxygens (including phenoxy) is 1. The van der Waals surface area contributed by atoms with E-state index in [2.05, 4.69) is 43.1 Å². The number of likely N-dealkylation sites (N-methyl/N-ethyl adjacent to an activating group) is 2. The first-order valence-electron chi connectivity index (χ1n) is 7.84. The zero-order valence-corrected chi connectivity index (χ0v) is 13.5. The topological polar surface area (TPSA) is 24.5 Å². The summed E-state index contributed by atoms with van der Waals surface area (Å²) in [5.41, 5.74) is 1.34. The Morgan fingerprint density at radius 1 is 1.15 bits per heavy atom. The minimum absolute atomic E-state index is 0.391. The number of hydrogen-bond acceptors (Lipinski definition) is 3. The molecular formula is C17H30N2O. The minimum atomic E-state index is 0.391. The SMILES string of the molecule is CCCCN(CC)CC(NCC)c1ccc(OC)cc1. The number of hydrogen-bond donors (Lipinski definition) is 1. The lowest BCUT2D eigenvalue weighted by Crippen LogP contribution is -2.35. The molecule has 1 atom stereocenters. The van der Waals surface area contributed by atoms with E-state index < -0.39 is 0 Å². The van der Waals surface area contributed by atoms with Crippen molar-refractivity contribution in [3.63, 3.8) is 0 Å². The Balaban J connectivity index is 2.70. The maximum absolute atomic E-state index is 5.23. The lowest BCUT2D eigenvalue weighted by molar-refractivity contribution is 0.251. The summed E-state index contributed by atoms with van der Waals surface area (Å²) in [5, 5.41) is 3.60. The zero-order chi connectivity index (χ0) is 14.8. The first-order chi connectivity index (χ1) is 9.74. The quantitative estimate of drug-likeness (QED) is 0.709. The zero-order valence-electron chi connectivity index (χ0n) is 13.5. The molecule has 0 radical (unpaired) electrons. The monoisotopic (exact) mass is 278 g/mol. The smallest absolute Gasteiger partial charge is 0.118 e. The Labute approximate surface area is 124 Å². The Morgan fingerprint density at radius 3 is 2.35 bits per heavy atom. The summed E-state index contributed by atoms with van der Waals surface area (Å²) in [7, 11) is 1.71. The van der Waals surface area contributed by atoms with E-state index in [1.807, 2.05) is 12.1 Å². The van der Waals surface area contributed by atoms with Crippen LogP contribution in [0.15, 0.2) is 24.3 Å². The van der Waals surface area contributed by atoms with Crippen molar-refractivity contribution in [1.82, 2.24) is 10.2 Å². The van der Waals surface area contributed by atoms with Gasteiger partial charge in [-0.3, -0.25) is 0 Å². The minimum Gasteiger partial charge on any atom is -0.497 e. The van der Waals surface area contributed by atoms with Crippen molar-refractivity contribution < 1.29 is 4.74 Å². The van der Waals surface area contributed by atoms with Crippen LogP contribution in [0.5, 0.6) is 5.75 Å². The van der Waals surface area contributed by atoms with Crippen LogP contribution in [0.25, 0.3) is 0 Å². The molecule has 0 heterocycles. The van der Waals surface area contributed by atoms with Crippen molar-refractivity contribution in [3.8, 4) is 5.75 Å². The fourth-order valence-electron chi connectivity index (χ4n) is 2.39. The second kappa shape index (κ2) is 9.78. The van der Waals surface area contributed by atoms with E-state index in [0.29, 0.717) is 6.04 Å². The van der Waals surface area contributed by atoms with Gasteiger partial charge < -0.3 is 15.0 Å². The van der Waals surface area contributed by atoms with Crippen molar-refractivity contribution in [2.24, 2.45) is 0 Å². The summed E-state index contributed by atoms with van der Waals surface area (Å²) >= 11 is 0.